The Balaban J connectivity index is 1.90. The lowest BCUT2D eigenvalue weighted by Crippen LogP contribution is -2.02. The van der Waals surface area contributed by atoms with E-state index in [1.807, 2.05) is 32.0 Å². The van der Waals surface area contributed by atoms with Crippen LogP contribution in [0.2, 0.25) is 0 Å². The minimum absolute atomic E-state index is 0.120. The van der Waals surface area contributed by atoms with Gasteiger partial charge in [-0.3, -0.25) is 4.79 Å². The molecule has 0 radical (unpaired) electrons. The number of hydrogen-bond acceptors (Lipinski definition) is 2. The van der Waals surface area contributed by atoms with Crippen molar-refractivity contribution < 1.29 is 9.90 Å². The molecule has 0 saturated heterocycles. The maximum absolute atomic E-state index is 11.2. The second-order valence-corrected chi connectivity index (χ2v) is 6.80. The topological polar surface area (TPSA) is 37.3 Å². The van der Waals surface area contributed by atoms with Gasteiger partial charge < -0.3 is 5.11 Å². The average molecular weight is 272 g/mol. The van der Waals surface area contributed by atoms with Crippen LogP contribution >= 0.6 is 11.3 Å². The highest BCUT2D eigenvalue weighted by Crippen LogP contribution is 2.65. The number of aliphatic carboxylic acids is 1. The summed E-state index contributed by atoms with van der Waals surface area (Å²) in [7, 11) is 0. The van der Waals surface area contributed by atoms with Crippen molar-refractivity contribution in [2.45, 2.75) is 19.8 Å². The molecule has 1 aliphatic carbocycles. The standard InChI is InChI=1S/C16H16O2S/c1-16(2)13(14(16)15(17)18)12-9-8-11(19-12)10-6-4-3-5-7-10/h3-9,13-14H,1-2H3,(H,17,18)/t13-,14+/m1/s1. The molecule has 1 aliphatic rings. The molecule has 1 N–H and O–H groups in total. The van der Waals surface area contributed by atoms with E-state index in [9.17, 15) is 9.90 Å². The van der Waals surface area contributed by atoms with Crippen LogP contribution in [0.1, 0.15) is 24.6 Å². The van der Waals surface area contributed by atoms with Gasteiger partial charge in [0.05, 0.1) is 5.92 Å². The van der Waals surface area contributed by atoms with Crippen LogP contribution in [0.5, 0.6) is 0 Å². The Morgan fingerprint density at radius 3 is 2.42 bits per heavy atom. The molecule has 2 atom stereocenters. The molecule has 0 unspecified atom stereocenters. The van der Waals surface area contributed by atoms with Gasteiger partial charge in [0.15, 0.2) is 0 Å². The number of thiophene rings is 1. The largest absolute Gasteiger partial charge is 0.481 e. The Morgan fingerprint density at radius 2 is 1.84 bits per heavy atom. The van der Waals surface area contributed by atoms with Crippen molar-refractivity contribution in [1.29, 1.82) is 0 Å². The Bertz CT molecular complexity index is 613. The van der Waals surface area contributed by atoms with Gasteiger partial charge in [-0.1, -0.05) is 44.2 Å². The zero-order chi connectivity index (χ0) is 13.6. The molecule has 1 fully saturated rings. The fraction of sp³-hybridized carbons (Fsp3) is 0.312. The SMILES string of the molecule is CC1(C)[C@H](C(=O)O)[C@H]1c1ccc(-c2ccccc2)s1. The fourth-order valence-corrected chi connectivity index (χ4v) is 4.25. The van der Waals surface area contributed by atoms with E-state index in [1.165, 1.54) is 15.3 Å². The Kier molecular flexibility index (Phi) is 2.75. The molecule has 1 aromatic heterocycles. The van der Waals surface area contributed by atoms with E-state index < -0.39 is 5.97 Å². The summed E-state index contributed by atoms with van der Waals surface area (Å²) in [6, 6.07) is 14.4. The second kappa shape index (κ2) is 4.20. The van der Waals surface area contributed by atoms with Crippen molar-refractivity contribution in [3.05, 3.63) is 47.3 Å². The van der Waals surface area contributed by atoms with Crippen molar-refractivity contribution in [2.24, 2.45) is 11.3 Å². The second-order valence-electron chi connectivity index (χ2n) is 5.68. The van der Waals surface area contributed by atoms with Gasteiger partial charge in [-0.2, -0.15) is 0 Å². The molecule has 19 heavy (non-hydrogen) atoms. The predicted octanol–water partition coefficient (Wildman–Crippen LogP) is 4.24. The van der Waals surface area contributed by atoms with Crippen molar-refractivity contribution in [3.8, 4) is 10.4 Å². The molecule has 1 aromatic carbocycles. The number of hydrogen-bond donors (Lipinski definition) is 1. The molecule has 2 nitrogen and oxygen atoms in total. The maximum Gasteiger partial charge on any atom is 0.307 e. The zero-order valence-corrected chi connectivity index (χ0v) is 11.8. The molecule has 3 heteroatoms. The average Bonchev–Trinajstić information content (AvgIpc) is 2.76. The first-order chi connectivity index (χ1) is 9.01. The Labute approximate surface area is 116 Å². The van der Waals surface area contributed by atoms with E-state index in [1.54, 1.807) is 11.3 Å². The predicted molar refractivity (Wildman–Crippen MR) is 77.4 cm³/mol. The summed E-state index contributed by atoms with van der Waals surface area (Å²) in [5.41, 5.74) is 1.08. The minimum atomic E-state index is -0.676. The van der Waals surface area contributed by atoms with Crippen LogP contribution in [0.4, 0.5) is 0 Å². The van der Waals surface area contributed by atoms with Crippen LogP contribution in [0.25, 0.3) is 10.4 Å². The number of carboxylic acids is 1. The molecule has 98 valence electrons. The maximum atomic E-state index is 11.2. The highest BCUT2D eigenvalue weighted by Gasteiger charge is 2.63. The van der Waals surface area contributed by atoms with Crippen LogP contribution in [0.15, 0.2) is 42.5 Å². The van der Waals surface area contributed by atoms with E-state index in [-0.39, 0.29) is 17.3 Å². The summed E-state index contributed by atoms with van der Waals surface area (Å²) >= 11 is 1.72. The summed E-state index contributed by atoms with van der Waals surface area (Å²) < 4.78 is 0. The molecule has 1 heterocycles. The number of rotatable bonds is 3. The summed E-state index contributed by atoms with van der Waals surface area (Å²) in [6.07, 6.45) is 0. The molecular formula is C16H16O2S. The number of carbonyl (C=O) groups is 1. The monoisotopic (exact) mass is 272 g/mol. The van der Waals surface area contributed by atoms with Crippen LogP contribution in [-0.2, 0) is 4.79 Å². The van der Waals surface area contributed by atoms with Gasteiger partial charge >= 0.3 is 5.97 Å². The lowest BCUT2D eigenvalue weighted by molar-refractivity contribution is -0.139. The van der Waals surface area contributed by atoms with Crippen molar-refractivity contribution in [2.75, 3.05) is 0 Å². The van der Waals surface area contributed by atoms with Gasteiger partial charge in [0.25, 0.3) is 0 Å². The summed E-state index contributed by atoms with van der Waals surface area (Å²) in [6.45, 7) is 4.08. The van der Waals surface area contributed by atoms with Crippen molar-refractivity contribution in [3.63, 3.8) is 0 Å². The van der Waals surface area contributed by atoms with E-state index in [4.69, 9.17) is 0 Å². The van der Waals surface area contributed by atoms with Crippen LogP contribution < -0.4 is 0 Å². The molecule has 0 bridgehead atoms. The lowest BCUT2D eigenvalue weighted by atomic mass is 10.1. The summed E-state index contributed by atoms with van der Waals surface area (Å²) in [5.74, 6) is -0.758. The molecule has 0 aliphatic heterocycles. The normalized spacial score (nSPS) is 24.1. The molecule has 3 rings (SSSR count). The van der Waals surface area contributed by atoms with E-state index in [0.29, 0.717) is 0 Å². The molecule has 1 saturated carbocycles. The highest BCUT2D eigenvalue weighted by atomic mass is 32.1. The number of carboxylic acid groups (broad SMARTS) is 1. The van der Waals surface area contributed by atoms with Gasteiger partial charge in [-0.15, -0.1) is 11.3 Å². The zero-order valence-electron chi connectivity index (χ0n) is 11.0. The minimum Gasteiger partial charge on any atom is -0.481 e. The summed E-state index contributed by atoms with van der Waals surface area (Å²) in [5, 5.41) is 9.25. The van der Waals surface area contributed by atoms with Crippen molar-refractivity contribution >= 4 is 17.3 Å². The molecule has 0 spiro atoms. The third kappa shape index (κ3) is 1.98. The first-order valence-electron chi connectivity index (χ1n) is 6.40. The smallest absolute Gasteiger partial charge is 0.307 e. The van der Waals surface area contributed by atoms with Crippen LogP contribution in [0.3, 0.4) is 0 Å². The quantitative estimate of drug-likeness (QED) is 0.907. The highest BCUT2D eigenvalue weighted by molar-refractivity contribution is 7.15. The first-order valence-corrected chi connectivity index (χ1v) is 7.21. The van der Waals surface area contributed by atoms with Gasteiger partial charge in [-0.05, 0) is 23.1 Å². The lowest BCUT2D eigenvalue weighted by Gasteiger charge is -1.99. The molecular weight excluding hydrogens is 256 g/mol. The van der Waals surface area contributed by atoms with Gasteiger partial charge in [0, 0.05) is 15.7 Å². The third-order valence-corrected chi connectivity index (χ3v) is 5.30. The van der Waals surface area contributed by atoms with Crippen molar-refractivity contribution in [1.82, 2.24) is 0 Å². The summed E-state index contributed by atoms with van der Waals surface area (Å²) in [4.78, 5) is 13.6. The molecule has 0 amide bonds. The first kappa shape index (κ1) is 12.4. The fourth-order valence-electron chi connectivity index (χ4n) is 2.91. The van der Waals surface area contributed by atoms with Gasteiger partial charge in [0.1, 0.15) is 0 Å². The van der Waals surface area contributed by atoms with Gasteiger partial charge in [0.2, 0.25) is 0 Å². The Morgan fingerprint density at radius 1 is 1.16 bits per heavy atom. The Hall–Kier alpha value is -1.61. The molecule has 2 aromatic rings. The number of benzene rings is 1. The van der Waals surface area contributed by atoms with Crippen LogP contribution in [0, 0.1) is 11.3 Å². The van der Waals surface area contributed by atoms with E-state index in [2.05, 4.69) is 24.3 Å². The third-order valence-electron chi connectivity index (χ3n) is 4.09. The van der Waals surface area contributed by atoms with E-state index >= 15 is 0 Å². The van der Waals surface area contributed by atoms with Crippen LogP contribution in [-0.4, -0.2) is 11.1 Å². The van der Waals surface area contributed by atoms with Gasteiger partial charge in [-0.25, -0.2) is 0 Å². The van der Waals surface area contributed by atoms with E-state index in [0.717, 1.165) is 0 Å².